The molecule has 1 aliphatic heterocycles. The van der Waals surface area contributed by atoms with Gasteiger partial charge in [0.2, 0.25) is 0 Å². The second kappa shape index (κ2) is 2.52. The molecule has 0 saturated heterocycles. The molecule has 10 heavy (non-hydrogen) atoms. The molecule has 0 aromatic rings. The Kier molecular flexibility index (Phi) is 1.88. The lowest BCUT2D eigenvalue weighted by Crippen LogP contribution is -2.13. The predicted octanol–water partition coefficient (Wildman–Crippen LogP) is 1.90. The van der Waals surface area contributed by atoms with Gasteiger partial charge in [0.1, 0.15) is 6.17 Å². The van der Waals surface area contributed by atoms with E-state index in [-0.39, 0.29) is 6.17 Å². The summed E-state index contributed by atoms with van der Waals surface area (Å²) in [5, 5.41) is 0. The molecule has 2 heteroatoms. The molecule has 1 atom stereocenters. The first-order valence-corrected chi connectivity index (χ1v) is 3.73. The first-order chi connectivity index (χ1) is 4.61. The van der Waals surface area contributed by atoms with Gasteiger partial charge in [0, 0.05) is 0 Å². The molecule has 0 bridgehead atoms. The van der Waals surface area contributed by atoms with Crippen LogP contribution >= 0.6 is 0 Å². The Labute approximate surface area is 62.1 Å². The molecule has 1 rings (SSSR count). The second-order valence-corrected chi connectivity index (χ2v) is 3.02. The lowest BCUT2D eigenvalue weighted by molar-refractivity contribution is 0.799. The van der Waals surface area contributed by atoms with E-state index in [2.05, 4.69) is 23.8 Å². The first kappa shape index (κ1) is 7.45. The number of hydrogen-bond acceptors (Lipinski definition) is 2. The van der Waals surface area contributed by atoms with Gasteiger partial charge in [-0.15, -0.1) is 0 Å². The van der Waals surface area contributed by atoms with Gasteiger partial charge in [-0.1, -0.05) is 13.8 Å². The summed E-state index contributed by atoms with van der Waals surface area (Å²) in [5.41, 5.74) is 2.29. The Hall–Kier alpha value is -0.660. The van der Waals surface area contributed by atoms with E-state index in [0.717, 1.165) is 5.71 Å². The summed E-state index contributed by atoms with van der Waals surface area (Å²) in [4.78, 5) is 8.69. The Bertz CT molecular complexity index is 189. The van der Waals surface area contributed by atoms with Crippen molar-refractivity contribution in [2.45, 2.75) is 33.9 Å². The fourth-order valence-corrected chi connectivity index (χ4v) is 1.24. The van der Waals surface area contributed by atoms with E-state index >= 15 is 0 Å². The predicted molar refractivity (Wildman–Crippen MR) is 44.8 cm³/mol. The van der Waals surface area contributed by atoms with Crippen molar-refractivity contribution in [3.63, 3.8) is 0 Å². The third-order valence-corrected chi connectivity index (χ3v) is 1.62. The fourth-order valence-electron chi connectivity index (χ4n) is 1.24. The average molecular weight is 138 g/mol. The lowest BCUT2D eigenvalue weighted by atomic mass is 10.1. The zero-order valence-electron chi connectivity index (χ0n) is 7.05. The van der Waals surface area contributed by atoms with Crippen molar-refractivity contribution in [1.29, 1.82) is 0 Å². The highest BCUT2D eigenvalue weighted by molar-refractivity contribution is 6.43. The zero-order chi connectivity index (χ0) is 7.72. The molecule has 0 N–H and O–H groups in total. The van der Waals surface area contributed by atoms with Gasteiger partial charge < -0.3 is 0 Å². The zero-order valence-corrected chi connectivity index (χ0v) is 7.05. The van der Waals surface area contributed by atoms with Gasteiger partial charge in [-0.2, -0.15) is 0 Å². The molecule has 2 nitrogen and oxygen atoms in total. The van der Waals surface area contributed by atoms with Crippen LogP contribution in [0.25, 0.3) is 0 Å². The molecular formula is C8H14N2. The Morgan fingerprint density at radius 3 is 2.10 bits per heavy atom. The molecule has 0 amide bonds. The molecule has 56 valence electrons. The van der Waals surface area contributed by atoms with E-state index in [4.69, 9.17) is 0 Å². The van der Waals surface area contributed by atoms with Crippen molar-refractivity contribution in [1.82, 2.24) is 0 Å². The molecule has 1 heterocycles. The van der Waals surface area contributed by atoms with Crippen molar-refractivity contribution in [2.24, 2.45) is 15.9 Å². The van der Waals surface area contributed by atoms with E-state index in [0.29, 0.717) is 5.92 Å². The molecule has 1 aliphatic rings. The van der Waals surface area contributed by atoms with Crippen LogP contribution in [-0.2, 0) is 0 Å². The molecule has 0 fully saturated rings. The minimum atomic E-state index is 0.164. The first-order valence-electron chi connectivity index (χ1n) is 3.73. The van der Waals surface area contributed by atoms with Crippen LogP contribution in [0.15, 0.2) is 9.98 Å². The van der Waals surface area contributed by atoms with Crippen LogP contribution in [0.4, 0.5) is 0 Å². The lowest BCUT2D eigenvalue weighted by Gasteiger charge is -2.02. The molecule has 0 saturated carbocycles. The summed E-state index contributed by atoms with van der Waals surface area (Å²) in [6.07, 6.45) is 0.164. The Morgan fingerprint density at radius 2 is 1.90 bits per heavy atom. The second-order valence-electron chi connectivity index (χ2n) is 3.02. The summed E-state index contributed by atoms with van der Waals surface area (Å²) in [5.74, 6) is 0.522. The highest BCUT2D eigenvalue weighted by Gasteiger charge is 2.15. The van der Waals surface area contributed by atoms with E-state index in [1.165, 1.54) is 5.71 Å². The van der Waals surface area contributed by atoms with Crippen LogP contribution in [-0.4, -0.2) is 17.6 Å². The summed E-state index contributed by atoms with van der Waals surface area (Å²) in [6, 6.07) is 0. The topological polar surface area (TPSA) is 24.7 Å². The van der Waals surface area contributed by atoms with E-state index in [1.54, 1.807) is 0 Å². The summed E-state index contributed by atoms with van der Waals surface area (Å²) in [6.45, 7) is 8.34. The largest absolute Gasteiger partial charge is 0.262 e. The number of rotatable bonds is 1. The smallest absolute Gasteiger partial charge is 0.137 e. The van der Waals surface area contributed by atoms with Gasteiger partial charge in [0.05, 0.1) is 11.4 Å². The van der Waals surface area contributed by atoms with Crippen LogP contribution in [0.2, 0.25) is 0 Å². The van der Waals surface area contributed by atoms with Crippen LogP contribution in [0.3, 0.4) is 0 Å². The van der Waals surface area contributed by atoms with Crippen LogP contribution in [0, 0.1) is 5.92 Å². The Morgan fingerprint density at radius 1 is 1.30 bits per heavy atom. The SMILES string of the molecule is CC1=NC(C)N=C1C(C)C. The molecular weight excluding hydrogens is 124 g/mol. The minimum absolute atomic E-state index is 0.164. The number of aliphatic imine (C=N–C) groups is 2. The van der Waals surface area contributed by atoms with Gasteiger partial charge in [0.25, 0.3) is 0 Å². The van der Waals surface area contributed by atoms with Gasteiger partial charge >= 0.3 is 0 Å². The summed E-state index contributed by atoms with van der Waals surface area (Å²) >= 11 is 0. The quantitative estimate of drug-likeness (QED) is 0.528. The van der Waals surface area contributed by atoms with Gasteiger partial charge in [-0.3, -0.25) is 9.98 Å². The molecule has 0 aliphatic carbocycles. The highest BCUT2D eigenvalue weighted by atomic mass is 15.1. The Balaban J connectivity index is 2.80. The number of nitrogens with zero attached hydrogens (tertiary/aromatic N) is 2. The fraction of sp³-hybridized carbons (Fsp3) is 0.750. The average Bonchev–Trinajstić information content (AvgIpc) is 2.10. The highest BCUT2D eigenvalue weighted by Crippen LogP contribution is 2.10. The summed E-state index contributed by atoms with van der Waals surface area (Å²) in [7, 11) is 0. The van der Waals surface area contributed by atoms with Crippen LogP contribution < -0.4 is 0 Å². The molecule has 0 radical (unpaired) electrons. The molecule has 0 aromatic carbocycles. The van der Waals surface area contributed by atoms with Crippen LogP contribution in [0.5, 0.6) is 0 Å². The van der Waals surface area contributed by atoms with Crippen molar-refractivity contribution >= 4 is 11.4 Å². The third-order valence-electron chi connectivity index (χ3n) is 1.62. The van der Waals surface area contributed by atoms with E-state index < -0.39 is 0 Å². The normalized spacial score (nSPS) is 25.1. The molecule has 0 aromatic heterocycles. The van der Waals surface area contributed by atoms with E-state index in [9.17, 15) is 0 Å². The van der Waals surface area contributed by atoms with Crippen LogP contribution in [0.1, 0.15) is 27.7 Å². The van der Waals surface area contributed by atoms with Crippen molar-refractivity contribution < 1.29 is 0 Å². The maximum Gasteiger partial charge on any atom is 0.137 e. The van der Waals surface area contributed by atoms with Crippen molar-refractivity contribution in [2.75, 3.05) is 0 Å². The van der Waals surface area contributed by atoms with Crippen molar-refractivity contribution in [3.05, 3.63) is 0 Å². The third kappa shape index (κ3) is 1.25. The standard InChI is InChI=1S/C8H14N2/c1-5(2)8-6(3)9-7(4)10-8/h5,7H,1-4H3. The van der Waals surface area contributed by atoms with Gasteiger partial charge in [-0.25, -0.2) is 0 Å². The van der Waals surface area contributed by atoms with E-state index in [1.807, 2.05) is 13.8 Å². The van der Waals surface area contributed by atoms with Gasteiger partial charge in [-0.05, 0) is 19.8 Å². The van der Waals surface area contributed by atoms with Crippen molar-refractivity contribution in [3.8, 4) is 0 Å². The maximum absolute atomic E-state index is 4.38. The monoisotopic (exact) mass is 138 g/mol. The molecule has 1 unspecified atom stereocenters. The minimum Gasteiger partial charge on any atom is -0.262 e. The molecule has 0 spiro atoms. The summed E-state index contributed by atoms with van der Waals surface area (Å²) < 4.78 is 0. The maximum atomic E-state index is 4.38. The van der Waals surface area contributed by atoms with Gasteiger partial charge in [0.15, 0.2) is 0 Å². The number of hydrogen-bond donors (Lipinski definition) is 0.